The van der Waals surface area contributed by atoms with Crippen LogP contribution in [-0.4, -0.2) is 21.0 Å². The van der Waals surface area contributed by atoms with Crippen molar-refractivity contribution in [1.82, 2.24) is 10.1 Å². The smallest absolute Gasteiger partial charge is 0.292 e. The van der Waals surface area contributed by atoms with Crippen LogP contribution in [0.4, 0.5) is 11.4 Å². The predicted octanol–water partition coefficient (Wildman–Crippen LogP) is 3.52. The number of hydrogen-bond donors (Lipinski definition) is 1. The maximum atomic E-state index is 12.1. The number of nitrogens with one attached hydrogen (secondary N) is 1. The average Bonchev–Trinajstić information content (AvgIpc) is 3.10. The van der Waals surface area contributed by atoms with Crippen LogP contribution in [0.1, 0.15) is 17.9 Å². The van der Waals surface area contributed by atoms with Crippen molar-refractivity contribution in [1.29, 1.82) is 0 Å². The molecule has 3 rings (SSSR count). The summed E-state index contributed by atoms with van der Waals surface area (Å²) in [6.07, 6.45) is 0.312. The van der Waals surface area contributed by atoms with Gasteiger partial charge >= 0.3 is 0 Å². The quantitative estimate of drug-likeness (QED) is 0.536. The number of aromatic nitrogens is 2. The third-order valence-corrected chi connectivity index (χ3v) is 3.72. The van der Waals surface area contributed by atoms with Gasteiger partial charge < -0.3 is 9.84 Å². The number of carbonyl (C=O) groups is 1. The van der Waals surface area contributed by atoms with Crippen molar-refractivity contribution in [3.8, 4) is 11.4 Å². The number of nitrogens with zero attached hydrogens (tertiary/aromatic N) is 3. The number of rotatable bonds is 6. The second-order valence-electron chi connectivity index (χ2n) is 5.70. The molecule has 0 spiro atoms. The summed E-state index contributed by atoms with van der Waals surface area (Å²) in [6.45, 7) is 1.99. The van der Waals surface area contributed by atoms with Crippen molar-refractivity contribution in [2.24, 2.45) is 0 Å². The molecule has 8 nitrogen and oxygen atoms in total. The molecule has 1 aromatic heterocycles. The zero-order valence-electron chi connectivity index (χ0n) is 14.0. The standard InChI is InChI=1S/C18H16N4O4/c1-12-6-8-13(9-7-12)18-20-17(26-21-18)11-10-16(23)19-14-4-2-3-5-15(14)22(24)25/h2-9H,10-11H2,1H3,(H,19,23). The summed E-state index contributed by atoms with van der Waals surface area (Å²) in [5.74, 6) is 0.423. The first kappa shape index (κ1) is 17.3. The molecule has 1 heterocycles. The number of nitro groups is 1. The minimum Gasteiger partial charge on any atom is -0.339 e. The number of nitro benzene ring substituents is 1. The van der Waals surface area contributed by atoms with Crippen molar-refractivity contribution in [3.05, 3.63) is 70.1 Å². The summed E-state index contributed by atoms with van der Waals surface area (Å²) in [4.78, 5) is 26.7. The summed E-state index contributed by atoms with van der Waals surface area (Å²) in [5, 5.41) is 17.4. The van der Waals surface area contributed by atoms with E-state index in [4.69, 9.17) is 4.52 Å². The minimum absolute atomic E-state index is 0.0710. The van der Waals surface area contributed by atoms with E-state index in [9.17, 15) is 14.9 Å². The summed E-state index contributed by atoms with van der Waals surface area (Å²) in [6, 6.07) is 13.7. The minimum atomic E-state index is -0.540. The van der Waals surface area contributed by atoms with Crippen LogP contribution in [0.3, 0.4) is 0 Å². The Morgan fingerprint density at radius 2 is 1.92 bits per heavy atom. The van der Waals surface area contributed by atoms with Gasteiger partial charge in [0.1, 0.15) is 5.69 Å². The van der Waals surface area contributed by atoms with Crippen LogP contribution in [0.15, 0.2) is 53.1 Å². The first-order chi connectivity index (χ1) is 12.5. The summed E-state index contributed by atoms with van der Waals surface area (Å²) >= 11 is 0. The molecule has 3 aromatic rings. The van der Waals surface area contributed by atoms with Crippen molar-refractivity contribution < 1.29 is 14.2 Å². The Kier molecular flexibility index (Phi) is 5.02. The van der Waals surface area contributed by atoms with E-state index in [2.05, 4.69) is 15.5 Å². The van der Waals surface area contributed by atoms with Crippen LogP contribution in [0.5, 0.6) is 0 Å². The molecule has 0 atom stereocenters. The Bertz CT molecular complexity index is 934. The molecule has 0 aliphatic heterocycles. The van der Waals surface area contributed by atoms with Crippen LogP contribution in [-0.2, 0) is 11.2 Å². The molecule has 0 aliphatic rings. The highest BCUT2D eigenvalue weighted by Gasteiger charge is 2.16. The Morgan fingerprint density at radius 1 is 1.19 bits per heavy atom. The van der Waals surface area contributed by atoms with E-state index in [0.717, 1.165) is 11.1 Å². The molecule has 0 aliphatic carbocycles. The van der Waals surface area contributed by atoms with Gasteiger partial charge in [0.25, 0.3) is 5.69 Å². The van der Waals surface area contributed by atoms with Gasteiger partial charge in [-0.1, -0.05) is 47.1 Å². The fourth-order valence-electron chi connectivity index (χ4n) is 2.35. The molecule has 8 heteroatoms. The molecule has 0 fully saturated rings. The van der Waals surface area contributed by atoms with Gasteiger partial charge in [0.15, 0.2) is 0 Å². The highest BCUT2D eigenvalue weighted by Crippen LogP contribution is 2.23. The fourth-order valence-corrected chi connectivity index (χ4v) is 2.35. The first-order valence-corrected chi connectivity index (χ1v) is 7.96. The number of carbonyl (C=O) groups excluding carboxylic acids is 1. The first-order valence-electron chi connectivity index (χ1n) is 7.96. The van der Waals surface area contributed by atoms with E-state index in [0.29, 0.717) is 11.7 Å². The van der Waals surface area contributed by atoms with E-state index in [-0.39, 0.29) is 30.1 Å². The Balaban J connectivity index is 1.60. The third kappa shape index (κ3) is 4.10. The summed E-state index contributed by atoms with van der Waals surface area (Å²) in [5.41, 5.74) is 1.97. The molecule has 26 heavy (non-hydrogen) atoms. The highest BCUT2D eigenvalue weighted by molar-refractivity contribution is 5.93. The molecule has 1 N–H and O–H groups in total. The fraction of sp³-hybridized carbons (Fsp3) is 0.167. The number of aryl methyl sites for hydroxylation is 2. The number of anilines is 1. The summed E-state index contributed by atoms with van der Waals surface area (Å²) in [7, 11) is 0. The highest BCUT2D eigenvalue weighted by atomic mass is 16.6. The molecule has 132 valence electrons. The maximum absolute atomic E-state index is 12.1. The lowest BCUT2D eigenvalue weighted by atomic mass is 10.1. The summed E-state index contributed by atoms with van der Waals surface area (Å²) < 4.78 is 5.16. The van der Waals surface area contributed by atoms with Gasteiger partial charge in [-0.2, -0.15) is 4.98 Å². The van der Waals surface area contributed by atoms with E-state index >= 15 is 0 Å². The Morgan fingerprint density at radius 3 is 2.65 bits per heavy atom. The lowest BCUT2D eigenvalue weighted by molar-refractivity contribution is -0.383. The van der Waals surface area contributed by atoms with Crippen molar-refractivity contribution in [3.63, 3.8) is 0 Å². The van der Waals surface area contributed by atoms with Gasteiger partial charge in [0.2, 0.25) is 17.6 Å². The number of benzene rings is 2. The van der Waals surface area contributed by atoms with Gasteiger partial charge in [-0.15, -0.1) is 0 Å². The van der Waals surface area contributed by atoms with E-state index in [1.807, 2.05) is 31.2 Å². The molecule has 2 aromatic carbocycles. The van der Waals surface area contributed by atoms with Gasteiger partial charge in [0.05, 0.1) is 4.92 Å². The zero-order valence-corrected chi connectivity index (χ0v) is 14.0. The van der Waals surface area contributed by atoms with Crippen molar-refractivity contribution in [2.45, 2.75) is 19.8 Å². The topological polar surface area (TPSA) is 111 Å². The largest absolute Gasteiger partial charge is 0.339 e. The van der Waals surface area contributed by atoms with Crippen molar-refractivity contribution >= 4 is 17.3 Å². The van der Waals surface area contributed by atoms with Gasteiger partial charge in [-0.25, -0.2) is 0 Å². The van der Waals surface area contributed by atoms with Crippen LogP contribution in [0, 0.1) is 17.0 Å². The molecule has 0 saturated heterocycles. The lowest BCUT2D eigenvalue weighted by Crippen LogP contribution is -2.13. The molecular weight excluding hydrogens is 336 g/mol. The van der Waals surface area contributed by atoms with Crippen LogP contribution < -0.4 is 5.32 Å². The van der Waals surface area contributed by atoms with Gasteiger partial charge in [-0.3, -0.25) is 14.9 Å². The monoisotopic (exact) mass is 352 g/mol. The zero-order chi connectivity index (χ0) is 18.5. The van der Waals surface area contributed by atoms with E-state index < -0.39 is 4.92 Å². The number of hydrogen-bond acceptors (Lipinski definition) is 6. The third-order valence-electron chi connectivity index (χ3n) is 3.72. The van der Waals surface area contributed by atoms with E-state index in [1.54, 1.807) is 12.1 Å². The van der Waals surface area contributed by atoms with Crippen LogP contribution in [0.2, 0.25) is 0 Å². The van der Waals surface area contributed by atoms with Crippen molar-refractivity contribution in [2.75, 3.05) is 5.32 Å². The Hall–Kier alpha value is -3.55. The molecule has 0 saturated carbocycles. The normalized spacial score (nSPS) is 10.5. The number of amides is 1. The SMILES string of the molecule is Cc1ccc(-c2noc(CCC(=O)Nc3ccccc3[N+](=O)[O-])n2)cc1. The molecule has 0 bridgehead atoms. The molecule has 1 amide bonds. The second kappa shape index (κ2) is 7.56. The number of para-hydroxylation sites is 2. The second-order valence-corrected chi connectivity index (χ2v) is 5.70. The molecular formula is C18H16N4O4. The Labute approximate surface area is 149 Å². The van der Waals surface area contributed by atoms with Gasteiger partial charge in [0, 0.05) is 24.5 Å². The average molecular weight is 352 g/mol. The van der Waals surface area contributed by atoms with Crippen LogP contribution in [0.25, 0.3) is 11.4 Å². The lowest BCUT2D eigenvalue weighted by Gasteiger charge is -2.04. The maximum Gasteiger partial charge on any atom is 0.292 e. The molecule has 0 radical (unpaired) electrons. The molecule has 0 unspecified atom stereocenters. The predicted molar refractivity (Wildman–Crippen MR) is 94.5 cm³/mol. The van der Waals surface area contributed by atoms with Gasteiger partial charge in [-0.05, 0) is 13.0 Å². The van der Waals surface area contributed by atoms with E-state index in [1.165, 1.54) is 12.1 Å². The van der Waals surface area contributed by atoms with Crippen LogP contribution >= 0.6 is 0 Å².